The number of rotatable bonds is 5. The number of aromatic nitrogens is 2. The molecular weight excluding hydrogens is 296 g/mol. The molecule has 2 atom stereocenters. The lowest BCUT2D eigenvalue weighted by Crippen LogP contribution is -2.46. The van der Waals surface area contributed by atoms with Crippen LogP contribution in [0.4, 0.5) is 4.79 Å². The van der Waals surface area contributed by atoms with Gasteiger partial charge in [-0.3, -0.25) is 0 Å². The van der Waals surface area contributed by atoms with Crippen LogP contribution in [0.1, 0.15) is 58.2 Å². The Morgan fingerprint density at radius 3 is 2.74 bits per heavy atom. The van der Waals surface area contributed by atoms with Gasteiger partial charge in [0.25, 0.3) is 0 Å². The largest absolute Gasteiger partial charge is 0.444 e. The third kappa shape index (κ3) is 6.56. The molecule has 0 aromatic carbocycles. The molecule has 1 aromatic heterocycles. The van der Waals surface area contributed by atoms with E-state index in [9.17, 15) is 4.79 Å². The van der Waals surface area contributed by atoms with Crippen molar-refractivity contribution in [3.05, 3.63) is 11.7 Å². The number of hydrogen-bond acceptors (Lipinski definition) is 6. The molecule has 1 aromatic rings. The molecule has 7 heteroatoms. The molecule has 0 saturated heterocycles. The third-order valence-electron chi connectivity index (χ3n) is 3.75. The Kier molecular flexibility index (Phi) is 5.98. The van der Waals surface area contributed by atoms with E-state index in [1.807, 2.05) is 20.8 Å². The van der Waals surface area contributed by atoms with Crippen LogP contribution in [0.3, 0.4) is 0 Å². The van der Waals surface area contributed by atoms with E-state index in [2.05, 4.69) is 20.8 Å². The van der Waals surface area contributed by atoms with Crippen molar-refractivity contribution in [2.75, 3.05) is 6.54 Å². The van der Waals surface area contributed by atoms with Crippen LogP contribution in [0.5, 0.6) is 0 Å². The molecule has 0 bridgehead atoms. The van der Waals surface area contributed by atoms with Gasteiger partial charge in [-0.25, -0.2) is 4.79 Å². The van der Waals surface area contributed by atoms with Crippen LogP contribution < -0.4 is 10.6 Å². The molecule has 1 fully saturated rings. The van der Waals surface area contributed by atoms with Crippen LogP contribution in [-0.4, -0.2) is 40.5 Å². The summed E-state index contributed by atoms with van der Waals surface area (Å²) in [5.74, 6) is 1.33. The summed E-state index contributed by atoms with van der Waals surface area (Å²) in [6.45, 7) is 8.22. The maximum absolute atomic E-state index is 11.9. The summed E-state index contributed by atoms with van der Waals surface area (Å²) in [6.07, 6.45) is 4.56. The average molecular weight is 324 g/mol. The van der Waals surface area contributed by atoms with Gasteiger partial charge in [0.15, 0.2) is 5.82 Å². The molecule has 1 aliphatic rings. The molecule has 1 amide bonds. The Morgan fingerprint density at radius 2 is 2.09 bits per heavy atom. The van der Waals surface area contributed by atoms with Gasteiger partial charge in [0.05, 0.1) is 0 Å². The molecule has 130 valence electrons. The second-order valence-electron chi connectivity index (χ2n) is 7.14. The average Bonchev–Trinajstić information content (AvgIpc) is 2.82. The van der Waals surface area contributed by atoms with Crippen molar-refractivity contribution in [3.8, 4) is 0 Å². The summed E-state index contributed by atoms with van der Waals surface area (Å²) in [6, 6.07) is 0.570. The van der Waals surface area contributed by atoms with Crippen molar-refractivity contribution in [2.45, 2.75) is 77.5 Å². The summed E-state index contributed by atoms with van der Waals surface area (Å²) < 4.78 is 10.3. The second kappa shape index (κ2) is 7.77. The Hall–Kier alpha value is -1.63. The summed E-state index contributed by atoms with van der Waals surface area (Å²) in [5.41, 5.74) is -0.459. The first-order chi connectivity index (χ1) is 10.8. The van der Waals surface area contributed by atoms with Gasteiger partial charge in [-0.1, -0.05) is 5.16 Å². The summed E-state index contributed by atoms with van der Waals surface area (Å²) in [4.78, 5) is 16.0. The zero-order valence-corrected chi connectivity index (χ0v) is 14.5. The lowest BCUT2D eigenvalue weighted by Gasteiger charge is -2.31. The zero-order chi connectivity index (χ0) is 16.9. The number of alkyl carbamates (subject to hydrolysis) is 1. The summed E-state index contributed by atoms with van der Waals surface area (Å²) >= 11 is 0. The number of aryl methyl sites for hydroxylation is 1. The minimum Gasteiger partial charge on any atom is -0.444 e. The highest BCUT2D eigenvalue weighted by Crippen LogP contribution is 2.19. The van der Waals surface area contributed by atoms with Gasteiger partial charge < -0.3 is 19.9 Å². The Bertz CT molecular complexity index is 510. The highest BCUT2D eigenvalue weighted by atomic mass is 16.6. The molecule has 2 N–H and O–H groups in total. The first-order valence-electron chi connectivity index (χ1n) is 8.34. The predicted octanol–water partition coefficient (Wildman–Crippen LogP) is 2.35. The van der Waals surface area contributed by atoms with E-state index in [1.54, 1.807) is 6.92 Å². The van der Waals surface area contributed by atoms with Crippen molar-refractivity contribution < 1.29 is 14.1 Å². The van der Waals surface area contributed by atoms with Crippen molar-refractivity contribution >= 4 is 6.09 Å². The minimum atomic E-state index is -0.459. The van der Waals surface area contributed by atoms with E-state index in [0.717, 1.165) is 44.5 Å². The molecular formula is C16H28N4O3. The van der Waals surface area contributed by atoms with Crippen LogP contribution >= 0.6 is 0 Å². The van der Waals surface area contributed by atoms with E-state index in [0.29, 0.717) is 11.9 Å². The van der Waals surface area contributed by atoms with Gasteiger partial charge in [-0.15, -0.1) is 0 Å². The topological polar surface area (TPSA) is 89.3 Å². The quantitative estimate of drug-likeness (QED) is 0.864. The van der Waals surface area contributed by atoms with E-state index in [1.165, 1.54) is 0 Å². The Morgan fingerprint density at radius 1 is 1.35 bits per heavy atom. The second-order valence-corrected chi connectivity index (χ2v) is 7.14. The van der Waals surface area contributed by atoms with Crippen molar-refractivity contribution in [2.24, 2.45) is 0 Å². The number of ether oxygens (including phenoxy) is 1. The lowest BCUT2D eigenvalue weighted by molar-refractivity contribution is 0.0489. The lowest BCUT2D eigenvalue weighted by atomic mass is 9.91. The first kappa shape index (κ1) is 17.7. The van der Waals surface area contributed by atoms with E-state index in [4.69, 9.17) is 9.26 Å². The highest BCUT2D eigenvalue weighted by molar-refractivity contribution is 5.68. The van der Waals surface area contributed by atoms with Gasteiger partial charge in [0.2, 0.25) is 5.89 Å². The van der Waals surface area contributed by atoms with Crippen LogP contribution in [0.25, 0.3) is 0 Å². The van der Waals surface area contributed by atoms with Crippen molar-refractivity contribution in [1.29, 1.82) is 0 Å². The van der Waals surface area contributed by atoms with Crippen LogP contribution in [0.15, 0.2) is 4.52 Å². The molecule has 7 nitrogen and oxygen atoms in total. The SMILES string of the molecule is Cc1nc(CCNC2CCCC(NC(=O)OC(C)(C)C)C2)no1. The molecule has 23 heavy (non-hydrogen) atoms. The molecule has 0 spiro atoms. The van der Waals surface area contributed by atoms with Gasteiger partial charge in [0.1, 0.15) is 5.60 Å². The maximum atomic E-state index is 11.9. The summed E-state index contributed by atoms with van der Waals surface area (Å²) in [5, 5.41) is 10.4. The monoisotopic (exact) mass is 324 g/mol. The van der Waals surface area contributed by atoms with E-state index < -0.39 is 5.60 Å². The number of nitrogens with one attached hydrogen (secondary N) is 2. The number of amides is 1. The van der Waals surface area contributed by atoms with Crippen LogP contribution in [-0.2, 0) is 11.2 Å². The fourth-order valence-electron chi connectivity index (χ4n) is 2.81. The molecule has 2 rings (SSSR count). The normalized spacial score (nSPS) is 21.9. The van der Waals surface area contributed by atoms with Crippen molar-refractivity contribution in [1.82, 2.24) is 20.8 Å². The van der Waals surface area contributed by atoms with Gasteiger partial charge >= 0.3 is 6.09 Å². The number of nitrogens with zero attached hydrogens (tertiary/aromatic N) is 2. The van der Waals surface area contributed by atoms with E-state index in [-0.39, 0.29) is 12.1 Å². The molecule has 2 unspecified atom stereocenters. The molecule has 1 aliphatic carbocycles. The maximum Gasteiger partial charge on any atom is 0.407 e. The van der Waals surface area contributed by atoms with Gasteiger partial charge in [-0.2, -0.15) is 4.98 Å². The molecule has 0 aliphatic heterocycles. The van der Waals surface area contributed by atoms with Gasteiger partial charge in [0, 0.05) is 32.0 Å². The standard InChI is InChI=1S/C16H28N4O3/c1-11-18-14(20-23-11)8-9-17-12-6-5-7-13(10-12)19-15(21)22-16(2,3)4/h12-13,17H,5-10H2,1-4H3,(H,19,21). The first-order valence-corrected chi connectivity index (χ1v) is 8.34. The Balaban J connectivity index is 1.69. The van der Waals surface area contributed by atoms with Crippen LogP contribution in [0.2, 0.25) is 0 Å². The predicted molar refractivity (Wildman–Crippen MR) is 86.2 cm³/mol. The zero-order valence-electron chi connectivity index (χ0n) is 14.5. The number of carbonyl (C=O) groups is 1. The molecule has 1 saturated carbocycles. The van der Waals surface area contributed by atoms with Crippen molar-refractivity contribution in [3.63, 3.8) is 0 Å². The molecule has 1 heterocycles. The van der Waals surface area contributed by atoms with Crippen LogP contribution in [0, 0.1) is 6.92 Å². The minimum absolute atomic E-state index is 0.170. The van der Waals surface area contributed by atoms with E-state index >= 15 is 0 Å². The fourth-order valence-corrected chi connectivity index (χ4v) is 2.81. The third-order valence-corrected chi connectivity index (χ3v) is 3.75. The Labute approximate surface area is 137 Å². The number of carbonyl (C=O) groups excluding carboxylic acids is 1. The number of hydrogen-bond donors (Lipinski definition) is 2. The molecule has 0 radical (unpaired) electrons. The highest BCUT2D eigenvalue weighted by Gasteiger charge is 2.25. The fraction of sp³-hybridized carbons (Fsp3) is 0.812. The smallest absolute Gasteiger partial charge is 0.407 e. The summed E-state index contributed by atoms with van der Waals surface area (Å²) in [7, 11) is 0. The van der Waals surface area contributed by atoms with Gasteiger partial charge in [-0.05, 0) is 46.5 Å².